The minimum Gasteiger partial charge on any atom is -0.394 e. The van der Waals surface area contributed by atoms with Crippen molar-refractivity contribution in [3.63, 3.8) is 0 Å². The van der Waals surface area contributed by atoms with E-state index in [1.54, 1.807) is 0 Å². The van der Waals surface area contributed by atoms with E-state index in [0.717, 1.165) is 12.5 Å². The first-order valence-electron chi connectivity index (χ1n) is 3.26. The zero-order valence-electron chi connectivity index (χ0n) is 6.36. The lowest BCUT2D eigenvalue weighted by molar-refractivity contribution is 0.186. The number of rotatable bonds is 3. The highest BCUT2D eigenvalue weighted by Gasteiger charge is 2.22. The molecule has 0 rings (SSSR count). The lowest BCUT2D eigenvalue weighted by Gasteiger charge is -2.01. The van der Waals surface area contributed by atoms with Crippen molar-refractivity contribution in [2.45, 2.75) is 19.4 Å². The number of aliphatic hydroxyl groups excluding tert-OH is 2. The Bertz CT molecular complexity index is 74.6. The van der Waals surface area contributed by atoms with Gasteiger partial charge in [0.1, 0.15) is 0 Å². The predicted molar refractivity (Wildman–Crippen MR) is 52.6 cm³/mol. The zero-order valence-corrected chi connectivity index (χ0v) is 9.62. The van der Waals surface area contributed by atoms with Crippen LogP contribution in [-0.4, -0.2) is 29.4 Å². The van der Waals surface area contributed by atoms with Crippen LogP contribution in [0.15, 0.2) is 0 Å². The van der Waals surface area contributed by atoms with Crippen LogP contribution in [-0.2, 0) is 0 Å². The van der Waals surface area contributed by atoms with Gasteiger partial charge in [0.2, 0.25) is 0 Å². The van der Waals surface area contributed by atoms with Gasteiger partial charge in [0.25, 0.3) is 0 Å². The number of halogens is 3. The van der Waals surface area contributed by atoms with E-state index in [2.05, 4.69) is 0 Å². The van der Waals surface area contributed by atoms with E-state index >= 15 is 0 Å². The zero-order chi connectivity index (χ0) is 9.33. The van der Waals surface area contributed by atoms with Crippen LogP contribution in [0.2, 0.25) is 6.04 Å². The van der Waals surface area contributed by atoms with Gasteiger partial charge in [-0.05, 0) is 6.04 Å². The maximum Gasteiger partial charge on any atom is 0.341 e. The van der Waals surface area contributed by atoms with E-state index in [1.165, 1.54) is 0 Å². The highest BCUT2D eigenvalue weighted by atomic mass is 35.8. The summed E-state index contributed by atoms with van der Waals surface area (Å²) in [6.07, 6.45) is 0.975. The molecule has 70 valence electrons. The Morgan fingerprint density at radius 1 is 1.09 bits per heavy atom. The summed E-state index contributed by atoms with van der Waals surface area (Å²) in [7, 11) is 0. The summed E-state index contributed by atoms with van der Waals surface area (Å²) in [5, 5.41) is 15.2. The van der Waals surface area contributed by atoms with Crippen molar-refractivity contribution in [2.24, 2.45) is 0 Å². The summed E-state index contributed by atoms with van der Waals surface area (Å²) in [5.41, 5.74) is 0. The molecule has 2 N–H and O–H groups in total. The van der Waals surface area contributed by atoms with Crippen LogP contribution in [0, 0.1) is 0 Å². The molecule has 2 nitrogen and oxygen atoms in total. The maximum absolute atomic E-state index is 7.62. The van der Waals surface area contributed by atoms with Gasteiger partial charge in [0, 0.05) is 0 Å². The van der Waals surface area contributed by atoms with Crippen molar-refractivity contribution in [1.29, 1.82) is 0 Å². The monoisotopic (exact) mass is 238 g/mol. The van der Waals surface area contributed by atoms with E-state index in [4.69, 9.17) is 43.5 Å². The molecule has 0 aromatic heterocycles. The lowest BCUT2D eigenvalue weighted by atomic mass is 10.6. The van der Waals surface area contributed by atoms with Crippen molar-refractivity contribution in [3.8, 4) is 0 Å². The molecular formula is C5H13Cl3O2Si. The second-order valence-electron chi connectivity index (χ2n) is 1.81. The molecule has 11 heavy (non-hydrogen) atoms. The molecular weight excluding hydrogens is 226 g/mol. The quantitative estimate of drug-likeness (QED) is 0.584. The molecule has 0 atom stereocenters. The predicted octanol–water partition coefficient (Wildman–Crippen LogP) is 2.02. The lowest BCUT2D eigenvalue weighted by Crippen LogP contribution is -2.06. The molecule has 0 radical (unpaired) electrons. The van der Waals surface area contributed by atoms with Crippen molar-refractivity contribution in [3.05, 3.63) is 0 Å². The van der Waals surface area contributed by atoms with Crippen LogP contribution in [0.5, 0.6) is 0 Å². The summed E-state index contributed by atoms with van der Waals surface area (Å²) < 4.78 is 0. The Labute approximate surface area is 82.2 Å². The Morgan fingerprint density at radius 2 is 1.45 bits per heavy atom. The first-order chi connectivity index (χ1) is 4.97. The molecule has 0 aliphatic carbocycles. The van der Waals surface area contributed by atoms with E-state index in [9.17, 15) is 0 Å². The van der Waals surface area contributed by atoms with Gasteiger partial charge in [-0.2, -0.15) is 0 Å². The summed E-state index contributed by atoms with van der Waals surface area (Å²) in [4.78, 5) is 0. The third kappa shape index (κ3) is 24.7. The van der Waals surface area contributed by atoms with Crippen LogP contribution in [0.1, 0.15) is 13.3 Å². The standard InChI is InChI=1S/C3H7Cl3Si.C2H6O2/c1-2-3-7(4,5)6;3-1-2-4/h2-3H2,1H3;3-4H,1-2H2. The van der Waals surface area contributed by atoms with Gasteiger partial charge in [0.05, 0.1) is 13.2 Å². The third-order valence-corrected chi connectivity index (χ3v) is 3.40. The highest BCUT2D eigenvalue weighted by Crippen LogP contribution is 2.25. The van der Waals surface area contributed by atoms with Crippen molar-refractivity contribution in [2.75, 3.05) is 13.2 Å². The topological polar surface area (TPSA) is 40.5 Å². The summed E-state index contributed by atoms with van der Waals surface area (Å²) in [6, 6.07) is -1.47. The molecule has 0 amide bonds. The minimum absolute atomic E-state index is 0.125. The smallest absolute Gasteiger partial charge is 0.341 e. The van der Waals surface area contributed by atoms with Crippen LogP contribution >= 0.6 is 33.2 Å². The molecule has 0 unspecified atom stereocenters. The fraction of sp³-hybridized carbons (Fsp3) is 1.00. The molecule has 6 heteroatoms. The molecule has 0 aliphatic rings. The molecule has 0 aromatic carbocycles. The molecule has 0 bridgehead atoms. The number of aliphatic hydroxyl groups is 2. The Morgan fingerprint density at radius 3 is 1.45 bits per heavy atom. The van der Waals surface area contributed by atoms with Gasteiger partial charge in [0.15, 0.2) is 0 Å². The fourth-order valence-electron chi connectivity index (χ4n) is 0.283. The Kier molecular flexibility index (Phi) is 12.0. The maximum atomic E-state index is 7.62. The molecule has 0 spiro atoms. The van der Waals surface area contributed by atoms with Crippen molar-refractivity contribution in [1.82, 2.24) is 0 Å². The fourth-order valence-corrected chi connectivity index (χ4v) is 2.55. The van der Waals surface area contributed by atoms with Crippen LogP contribution in [0.25, 0.3) is 0 Å². The Hall–Kier alpha value is 1.01. The largest absolute Gasteiger partial charge is 0.394 e. The van der Waals surface area contributed by atoms with Gasteiger partial charge in [-0.25, -0.2) is 0 Å². The summed E-state index contributed by atoms with van der Waals surface area (Å²) in [6.45, 7) is 1.76. The average molecular weight is 240 g/mol. The first kappa shape index (κ1) is 14.5. The molecule has 0 aliphatic heterocycles. The molecule has 0 aromatic rings. The molecule has 0 saturated carbocycles. The van der Waals surface area contributed by atoms with E-state index in [1.807, 2.05) is 6.92 Å². The second kappa shape index (κ2) is 9.10. The van der Waals surface area contributed by atoms with E-state index in [0.29, 0.717) is 0 Å². The SMILES string of the molecule is CCC[Si](Cl)(Cl)Cl.OCCO. The van der Waals surface area contributed by atoms with Crippen LogP contribution < -0.4 is 0 Å². The van der Waals surface area contributed by atoms with Gasteiger partial charge >= 0.3 is 6.00 Å². The number of hydrogen-bond acceptors (Lipinski definition) is 2. The van der Waals surface area contributed by atoms with Crippen LogP contribution in [0.4, 0.5) is 0 Å². The molecule has 0 saturated heterocycles. The third-order valence-electron chi connectivity index (χ3n) is 0.633. The van der Waals surface area contributed by atoms with Gasteiger partial charge in [-0.15, -0.1) is 33.2 Å². The summed E-state index contributed by atoms with van der Waals surface area (Å²) >= 11 is 16.5. The van der Waals surface area contributed by atoms with E-state index in [-0.39, 0.29) is 13.2 Å². The van der Waals surface area contributed by atoms with E-state index < -0.39 is 6.00 Å². The van der Waals surface area contributed by atoms with Crippen molar-refractivity contribution >= 4 is 39.2 Å². The van der Waals surface area contributed by atoms with Gasteiger partial charge < -0.3 is 10.2 Å². The minimum atomic E-state index is -2.24. The number of hydrogen-bond donors (Lipinski definition) is 2. The highest BCUT2D eigenvalue weighted by molar-refractivity contribution is 7.64. The molecule has 0 heterocycles. The van der Waals surface area contributed by atoms with Crippen LogP contribution in [0.3, 0.4) is 0 Å². The first-order valence-corrected chi connectivity index (χ1v) is 8.50. The Balaban J connectivity index is 0. The van der Waals surface area contributed by atoms with Crippen molar-refractivity contribution < 1.29 is 10.2 Å². The normalized spacial score (nSPS) is 10.4. The average Bonchev–Trinajstić information content (AvgIpc) is 1.86. The second-order valence-corrected chi connectivity index (χ2v) is 11.1. The van der Waals surface area contributed by atoms with Gasteiger partial charge in [-0.1, -0.05) is 13.3 Å². The summed E-state index contributed by atoms with van der Waals surface area (Å²) in [5.74, 6) is 0. The molecule has 0 fully saturated rings. The van der Waals surface area contributed by atoms with Gasteiger partial charge in [-0.3, -0.25) is 0 Å².